The van der Waals surface area contributed by atoms with Crippen molar-refractivity contribution in [2.24, 2.45) is 7.05 Å². The highest BCUT2D eigenvalue weighted by Gasteiger charge is 2.30. The average Bonchev–Trinajstić information content (AvgIpc) is 3.27. The highest BCUT2D eigenvalue weighted by Crippen LogP contribution is 2.36. The smallest absolute Gasteiger partial charge is 0.422 e. The number of anilines is 4. The van der Waals surface area contributed by atoms with Gasteiger partial charge in [-0.3, -0.25) is 4.79 Å². The minimum atomic E-state index is -4.60. The molecule has 3 aromatic heterocycles. The third kappa shape index (κ3) is 6.67. The molecule has 13 heteroatoms. The van der Waals surface area contributed by atoms with Crippen LogP contribution in [-0.4, -0.2) is 65.4 Å². The van der Waals surface area contributed by atoms with E-state index in [1.807, 2.05) is 42.1 Å². The predicted molar refractivity (Wildman–Crippen MR) is 149 cm³/mol. The van der Waals surface area contributed by atoms with E-state index in [2.05, 4.69) is 37.5 Å². The van der Waals surface area contributed by atoms with Crippen LogP contribution in [0.2, 0.25) is 0 Å². The van der Waals surface area contributed by atoms with Gasteiger partial charge in [0.05, 0.1) is 11.4 Å². The molecule has 1 amide bonds. The van der Waals surface area contributed by atoms with Gasteiger partial charge in [-0.1, -0.05) is 24.8 Å². The van der Waals surface area contributed by atoms with Crippen LogP contribution >= 0.6 is 0 Å². The molecule has 4 rings (SSSR count). The number of pyridine rings is 1. The number of amides is 1. The van der Waals surface area contributed by atoms with E-state index in [-0.39, 0.29) is 29.0 Å². The summed E-state index contributed by atoms with van der Waals surface area (Å²) in [7, 11) is 5.38. The first-order chi connectivity index (χ1) is 19.1. The first kappa shape index (κ1) is 28.4. The van der Waals surface area contributed by atoms with Crippen LogP contribution in [0.3, 0.4) is 0 Å². The van der Waals surface area contributed by atoms with Gasteiger partial charge in [-0.15, -0.1) is 0 Å². The third-order valence-electron chi connectivity index (χ3n) is 5.92. The number of likely N-dealkylation sites (N-methyl/N-ethyl adjacent to an activating group) is 2. The Hall–Kier alpha value is -4.65. The Morgan fingerprint density at radius 3 is 2.70 bits per heavy atom. The Labute approximate surface area is 228 Å². The van der Waals surface area contributed by atoms with Crippen LogP contribution in [0.15, 0.2) is 61.4 Å². The minimum Gasteiger partial charge on any atom is -0.466 e. The monoisotopic (exact) mass is 554 g/mol. The number of alkyl halides is 3. The van der Waals surface area contributed by atoms with Crippen molar-refractivity contribution in [1.82, 2.24) is 24.8 Å². The number of carbonyl (C=O) groups is 1. The number of halogens is 3. The number of para-hydroxylation sites is 1. The number of aryl methyl sites for hydroxylation is 1. The zero-order valence-corrected chi connectivity index (χ0v) is 22.2. The van der Waals surface area contributed by atoms with E-state index in [1.165, 1.54) is 12.3 Å². The van der Waals surface area contributed by atoms with Crippen molar-refractivity contribution >= 4 is 40.0 Å². The maximum Gasteiger partial charge on any atom is 0.422 e. The van der Waals surface area contributed by atoms with Crippen molar-refractivity contribution in [1.29, 1.82) is 0 Å². The molecule has 4 aromatic rings. The normalized spacial score (nSPS) is 11.3. The highest BCUT2D eigenvalue weighted by atomic mass is 19.4. The second kappa shape index (κ2) is 12.0. The van der Waals surface area contributed by atoms with Gasteiger partial charge in [0.25, 0.3) is 0 Å². The van der Waals surface area contributed by atoms with Crippen LogP contribution in [0, 0.1) is 0 Å². The van der Waals surface area contributed by atoms with Gasteiger partial charge in [-0.05, 0) is 31.3 Å². The number of benzene rings is 1. The Kier molecular flexibility index (Phi) is 8.53. The fraction of sp³-hybridized carbons (Fsp3) is 0.259. The molecule has 0 saturated carbocycles. The maximum absolute atomic E-state index is 13.1. The lowest BCUT2D eigenvalue weighted by Gasteiger charge is -2.23. The van der Waals surface area contributed by atoms with E-state index in [0.29, 0.717) is 18.8 Å². The molecule has 3 heterocycles. The van der Waals surface area contributed by atoms with Gasteiger partial charge >= 0.3 is 6.18 Å². The van der Waals surface area contributed by atoms with Gasteiger partial charge < -0.3 is 30.2 Å². The molecule has 0 bridgehead atoms. The number of nitrogens with zero attached hydrogens (tertiary/aromatic N) is 5. The van der Waals surface area contributed by atoms with E-state index in [4.69, 9.17) is 4.74 Å². The predicted octanol–water partition coefficient (Wildman–Crippen LogP) is 4.50. The summed E-state index contributed by atoms with van der Waals surface area (Å²) < 4.78 is 46.4. The topological polar surface area (TPSA) is 109 Å². The van der Waals surface area contributed by atoms with E-state index in [0.717, 1.165) is 22.5 Å². The molecule has 0 aliphatic carbocycles. The van der Waals surface area contributed by atoms with Gasteiger partial charge in [0, 0.05) is 56.0 Å². The molecular formula is C27H29F3N8O2. The van der Waals surface area contributed by atoms with Gasteiger partial charge in [0.1, 0.15) is 5.69 Å². The number of ether oxygens (including phenoxy) is 1. The molecule has 0 radical (unpaired) electrons. The molecule has 40 heavy (non-hydrogen) atoms. The molecule has 3 N–H and O–H groups in total. The van der Waals surface area contributed by atoms with Gasteiger partial charge in [-0.2, -0.15) is 18.2 Å². The number of hydrogen-bond acceptors (Lipinski definition) is 8. The molecule has 0 aliphatic heterocycles. The van der Waals surface area contributed by atoms with Crippen LogP contribution in [0.5, 0.6) is 5.88 Å². The lowest BCUT2D eigenvalue weighted by atomic mass is 10.1. The standard InChI is InChI=1S/C27H29F3N8O2/c1-5-23(39)33-20-14-21(25(40-16-27(28,29)30)36-24(20)37(3)13-12-31-2)35-26-32-11-10-19(34-26)18-15-38(4)22-9-7-6-8-17(18)22/h5-11,14-15,31H,1,12-13,16H2,2-4H3,(H,33,39)(H,32,34,35). The van der Waals surface area contributed by atoms with Crippen molar-refractivity contribution in [3.8, 4) is 17.1 Å². The highest BCUT2D eigenvalue weighted by molar-refractivity contribution is 6.01. The summed E-state index contributed by atoms with van der Waals surface area (Å²) in [4.78, 5) is 27.0. The maximum atomic E-state index is 13.1. The first-order valence-electron chi connectivity index (χ1n) is 12.3. The zero-order chi connectivity index (χ0) is 28.9. The SMILES string of the molecule is C=CC(=O)Nc1cc(Nc2nccc(-c3cn(C)c4ccccc34)n2)c(OCC(F)(F)F)nc1N(C)CCNC. The van der Waals surface area contributed by atoms with E-state index < -0.39 is 18.7 Å². The average molecular weight is 555 g/mol. The van der Waals surface area contributed by atoms with Crippen molar-refractivity contribution in [2.45, 2.75) is 6.18 Å². The molecule has 210 valence electrons. The summed E-state index contributed by atoms with van der Waals surface area (Å²) in [6.45, 7) is 2.90. The van der Waals surface area contributed by atoms with Crippen molar-refractivity contribution < 1.29 is 22.7 Å². The summed E-state index contributed by atoms with van der Waals surface area (Å²) in [6, 6.07) is 11.0. The van der Waals surface area contributed by atoms with Gasteiger partial charge in [0.15, 0.2) is 12.4 Å². The van der Waals surface area contributed by atoms with E-state index in [1.54, 1.807) is 25.1 Å². The van der Waals surface area contributed by atoms with Crippen LogP contribution < -0.4 is 25.6 Å². The lowest BCUT2D eigenvalue weighted by Crippen LogP contribution is -2.29. The first-order valence-corrected chi connectivity index (χ1v) is 12.3. The molecule has 0 spiro atoms. The van der Waals surface area contributed by atoms with Gasteiger partial charge in [0.2, 0.25) is 17.7 Å². The molecule has 0 aliphatic rings. The van der Waals surface area contributed by atoms with Crippen LogP contribution in [0.1, 0.15) is 0 Å². The molecule has 0 unspecified atom stereocenters. The number of rotatable bonds is 11. The van der Waals surface area contributed by atoms with Crippen LogP contribution in [0.25, 0.3) is 22.2 Å². The van der Waals surface area contributed by atoms with Crippen LogP contribution in [0.4, 0.5) is 36.3 Å². The second-order valence-corrected chi connectivity index (χ2v) is 8.90. The molecule has 10 nitrogen and oxygen atoms in total. The van der Waals surface area contributed by atoms with Crippen molar-refractivity contribution in [2.75, 3.05) is 49.3 Å². The third-order valence-corrected chi connectivity index (χ3v) is 5.92. The summed E-state index contributed by atoms with van der Waals surface area (Å²) >= 11 is 0. The molecule has 1 aromatic carbocycles. The van der Waals surface area contributed by atoms with Crippen molar-refractivity contribution in [3.05, 3.63) is 61.4 Å². The lowest BCUT2D eigenvalue weighted by molar-refractivity contribution is -0.153. The number of carbonyl (C=O) groups excluding carboxylic acids is 1. The summed E-state index contributed by atoms with van der Waals surface area (Å²) in [5, 5.41) is 9.56. The quantitative estimate of drug-likeness (QED) is 0.233. The molecular weight excluding hydrogens is 525 g/mol. The number of nitrogens with one attached hydrogen (secondary N) is 3. The minimum absolute atomic E-state index is 0.0319. The molecule has 0 fully saturated rings. The zero-order valence-electron chi connectivity index (χ0n) is 22.2. The Morgan fingerprint density at radius 1 is 1.20 bits per heavy atom. The largest absolute Gasteiger partial charge is 0.466 e. The Bertz CT molecular complexity index is 1520. The summed E-state index contributed by atoms with van der Waals surface area (Å²) in [5.74, 6) is -0.548. The molecule has 0 saturated heterocycles. The fourth-order valence-corrected chi connectivity index (χ4v) is 4.02. The van der Waals surface area contributed by atoms with E-state index >= 15 is 0 Å². The van der Waals surface area contributed by atoms with Crippen molar-refractivity contribution in [3.63, 3.8) is 0 Å². The van der Waals surface area contributed by atoms with Crippen LogP contribution in [-0.2, 0) is 11.8 Å². The molecule has 0 atom stereocenters. The number of hydrogen-bond donors (Lipinski definition) is 3. The second-order valence-electron chi connectivity index (χ2n) is 8.90. The number of fused-ring (bicyclic) bond motifs is 1. The Morgan fingerprint density at radius 2 is 1.98 bits per heavy atom. The Balaban J connectivity index is 1.76. The summed E-state index contributed by atoms with van der Waals surface area (Å²) in [5.41, 5.74) is 2.73. The van der Waals surface area contributed by atoms with Gasteiger partial charge in [-0.25, -0.2) is 9.97 Å². The number of aromatic nitrogens is 4. The summed E-state index contributed by atoms with van der Waals surface area (Å²) in [6.07, 6.45) is -0.0434. The van der Waals surface area contributed by atoms with E-state index in [9.17, 15) is 18.0 Å². The fourth-order valence-electron chi connectivity index (χ4n) is 4.02.